The topological polar surface area (TPSA) is 99.7 Å². The summed E-state index contributed by atoms with van der Waals surface area (Å²) in [4.78, 5) is 61.4. The van der Waals surface area contributed by atoms with Crippen LogP contribution < -0.4 is 0 Å². The number of esters is 1. The molecule has 2 saturated heterocycles. The molecule has 13 heteroatoms. The molecule has 2 atom stereocenters. The summed E-state index contributed by atoms with van der Waals surface area (Å²) in [5.74, 6) is -1.57. The molecule has 3 heterocycles. The Bertz CT molecular complexity index is 1240. The smallest absolute Gasteiger partial charge is 0.325 e. The Balaban J connectivity index is 1.50. The molecule has 2 aliphatic rings. The summed E-state index contributed by atoms with van der Waals surface area (Å²) in [6.07, 6.45) is 1.25. The van der Waals surface area contributed by atoms with Crippen molar-refractivity contribution in [2.45, 2.75) is 44.1 Å². The van der Waals surface area contributed by atoms with Gasteiger partial charge in [-0.1, -0.05) is 41.4 Å². The van der Waals surface area contributed by atoms with Crippen molar-refractivity contribution < 1.29 is 28.7 Å². The molecule has 240 valence electrons. The maximum Gasteiger partial charge on any atom is 0.325 e. The van der Waals surface area contributed by atoms with E-state index in [0.29, 0.717) is 44.0 Å². The lowest BCUT2D eigenvalue weighted by Gasteiger charge is -2.42. The largest absolute Gasteiger partial charge is 0.465 e. The molecule has 2 unspecified atom stereocenters. The fourth-order valence-corrected chi connectivity index (χ4v) is 6.57. The molecule has 1 aromatic heterocycles. The van der Waals surface area contributed by atoms with E-state index in [9.17, 15) is 19.2 Å². The Labute approximate surface area is 272 Å². The van der Waals surface area contributed by atoms with Gasteiger partial charge in [-0.25, -0.2) is 0 Å². The highest BCUT2D eigenvalue weighted by atomic mass is 35.5. The lowest BCUT2D eigenvalue weighted by Crippen LogP contribution is -2.63. The standard InChI is InChI=1S/C31H40Cl2N4O6S/c1-2-43-30(40)22-35(12-4-11-34-14-16-42-17-15-34)28(38)20-26-31(41)37(27(33)19-23-6-8-24(32)9-7-23)21-29(39)36(26)13-10-25-5-3-18-44-25/h3,5-9,18,26-27H,2,4,10-17,19-22H2,1H3. The molecular weight excluding hydrogens is 627 g/mol. The number of hydrogen-bond acceptors (Lipinski definition) is 8. The first-order valence-corrected chi connectivity index (χ1v) is 16.7. The average molecular weight is 668 g/mol. The summed E-state index contributed by atoms with van der Waals surface area (Å²) in [5.41, 5.74) is 0.0668. The third kappa shape index (κ3) is 9.90. The highest BCUT2D eigenvalue weighted by Crippen LogP contribution is 2.24. The van der Waals surface area contributed by atoms with Crippen LogP contribution in [0.5, 0.6) is 0 Å². The Morgan fingerprint density at radius 3 is 2.57 bits per heavy atom. The van der Waals surface area contributed by atoms with Crippen molar-refractivity contribution in [1.29, 1.82) is 0 Å². The summed E-state index contributed by atoms with van der Waals surface area (Å²) in [6, 6.07) is 10.0. The molecule has 0 N–H and O–H groups in total. The molecule has 2 fully saturated rings. The number of carbonyl (C=O) groups is 4. The number of amides is 3. The molecule has 2 aliphatic heterocycles. The van der Waals surface area contributed by atoms with Gasteiger partial charge in [-0.2, -0.15) is 0 Å². The summed E-state index contributed by atoms with van der Waals surface area (Å²) >= 11 is 14.3. The van der Waals surface area contributed by atoms with Crippen LogP contribution in [0, 0.1) is 0 Å². The minimum Gasteiger partial charge on any atom is -0.465 e. The molecule has 0 saturated carbocycles. The van der Waals surface area contributed by atoms with Crippen LogP contribution in [0.3, 0.4) is 0 Å². The zero-order valence-corrected chi connectivity index (χ0v) is 27.3. The number of thiophene rings is 1. The first kappa shape index (κ1) is 34.2. The van der Waals surface area contributed by atoms with E-state index in [1.807, 2.05) is 29.6 Å². The molecule has 4 rings (SSSR count). The van der Waals surface area contributed by atoms with Crippen molar-refractivity contribution in [2.24, 2.45) is 0 Å². The van der Waals surface area contributed by atoms with E-state index < -0.39 is 23.4 Å². The maximum absolute atomic E-state index is 14.0. The van der Waals surface area contributed by atoms with Crippen molar-refractivity contribution in [3.05, 3.63) is 57.2 Å². The van der Waals surface area contributed by atoms with Crippen molar-refractivity contribution in [3.63, 3.8) is 0 Å². The highest BCUT2D eigenvalue weighted by molar-refractivity contribution is 7.09. The predicted molar refractivity (Wildman–Crippen MR) is 170 cm³/mol. The second-order valence-electron chi connectivity index (χ2n) is 10.8. The summed E-state index contributed by atoms with van der Waals surface area (Å²) in [7, 11) is 0. The SMILES string of the molecule is CCOC(=O)CN(CCCN1CCOCC1)C(=O)CC1C(=O)N(C(Cl)Cc2ccc(Cl)cc2)CC(=O)N1CCc1cccs1. The van der Waals surface area contributed by atoms with Gasteiger partial charge < -0.3 is 24.2 Å². The van der Waals surface area contributed by atoms with Crippen LogP contribution in [0.1, 0.15) is 30.2 Å². The molecule has 0 bridgehead atoms. The first-order chi connectivity index (χ1) is 21.2. The van der Waals surface area contributed by atoms with Crippen LogP contribution in [0.4, 0.5) is 0 Å². The molecule has 2 aromatic rings. The predicted octanol–water partition coefficient (Wildman–Crippen LogP) is 3.30. The second-order valence-corrected chi connectivity index (χ2v) is 12.8. The van der Waals surface area contributed by atoms with Crippen LogP contribution in [0.15, 0.2) is 41.8 Å². The van der Waals surface area contributed by atoms with Crippen LogP contribution >= 0.6 is 34.5 Å². The van der Waals surface area contributed by atoms with Gasteiger partial charge in [0.1, 0.15) is 24.6 Å². The average Bonchev–Trinajstić information content (AvgIpc) is 3.53. The van der Waals surface area contributed by atoms with Gasteiger partial charge in [0.05, 0.1) is 26.2 Å². The lowest BCUT2D eigenvalue weighted by molar-refractivity contribution is -0.159. The van der Waals surface area contributed by atoms with Gasteiger partial charge in [-0.3, -0.25) is 24.1 Å². The van der Waals surface area contributed by atoms with Gasteiger partial charge in [0, 0.05) is 49.0 Å². The zero-order valence-electron chi connectivity index (χ0n) is 25.0. The van der Waals surface area contributed by atoms with Crippen molar-refractivity contribution in [2.75, 3.05) is 65.6 Å². The molecule has 44 heavy (non-hydrogen) atoms. The number of halogens is 2. The summed E-state index contributed by atoms with van der Waals surface area (Å²) in [6.45, 7) is 5.82. The Kier molecular flexibility index (Phi) is 13.3. The van der Waals surface area contributed by atoms with E-state index in [-0.39, 0.29) is 44.5 Å². The van der Waals surface area contributed by atoms with E-state index in [1.54, 1.807) is 30.4 Å². The molecular formula is C31H40Cl2N4O6S. The van der Waals surface area contributed by atoms with Crippen LogP contribution in [-0.2, 0) is 41.5 Å². The van der Waals surface area contributed by atoms with Crippen molar-refractivity contribution in [1.82, 2.24) is 19.6 Å². The van der Waals surface area contributed by atoms with Gasteiger partial charge in [0.2, 0.25) is 17.7 Å². The van der Waals surface area contributed by atoms with Gasteiger partial charge in [0.15, 0.2) is 0 Å². The van der Waals surface area contributed by atoms with Crippen molar-refractivity contribution >= 4 is 58.2 Å². The number of alkyl halides is 1. The zero-order chi connectivity index (χ0) is 31.5. The third-order valence-corrected chi connectivity index (χ3v) is 9.34. The number of benzene rings is 1. The van der Waals surface area contributed by atoms with E-state index >= 15 is 0 Å². The maximum atomic E-state index is 14.0. The monoisotopic (exact) mass is 666 g/mol. The quantitative estimate of drug-likeness (QED) is 0.163. The number of carbonyl (C=O) groups excluding carboxylic acids is 4. The van der Waals surface area contributed by atoms with E-state index in [2.05, 4.69) is 4.90 Å². The van der Waals surface area contributed by atoms with Gasteiger partial charge >= 0.3 is 5.97 Å². The van der Waals surface area contributed by atoms with E-state index in [0.717, 1.165) is 30.1 Å². The minimum absolute atomic E-state index is 0.179. The van der Waals surface area contributed by atoms with E-state index in [4.69, 9.17) is 32.7 Å². The van der Waals surface area contributed by atoms with Gasteiger partial charge in [-0.15, -0.1) is 11.3 Å². The fourth-order valence-electron chi connectivity index (χ4n) is 5.40. The molecule has 10 nitrogen and oxygen atoms in total. The highest BCUT2D eigenvalue weighted by Gasteiger charge is 2.43. The number of hydrogen-bond donors (Lipinski definition) is 0. The first-order valence-electron chi connectivity index (χ1n) is 15.0. The van der Waals surface area contributed by atoms with Crippen LogP contribution in [0.25, 0.3) is 0 Å². The van der Waals surface area contributed by atoms with Crippen LogP contribution in [-0.4, -0.2) is 120 Å². The number of ether oxygens (including phenoxy) is 2. The number of morpholine rings is 1. The molecule has 3 amide bonds. The third-order valence-electron chi connectivity index (χ3n) is 7.76. The number of piperazine rings is 1. The summed E-state index contributed by atoms with van der Waals surface area (Å²) in [5, 5.41) is 2.54. The Hall–Kier alpha value is -2.70. The Morgan fingerprint density at radius 1 is 1.14 bits per heavy atom. The fraction of sp³-hybridized carbons (Fsp3) is 0.548. The second kappa shape index (κ2) is 17.1. The van der Waals surface area contributed by atoms with Gasteiger partial charge in [0.25, 0.3) is 0 Å². The Morgan fingerprint density at radius 2 is 1.89 bits per heavy atom. The van der Waals surface area contributed by atoms with Gasteiger partial charge in [-0.05, 0) is 48.9 Å². The minimum atomic E-state index is -1.04. The summed E-state index contributed by atoms with van der Waals surface area (Å²) < 4.78 is 10.6. The molecule has 0 spiro atoms. The lowest BCUT2D eigenvalue weighted by atomic mass is 10.0. The van der Waals surface area contributed by atoms with Crippen molar-refractivity contribution in [3.8, 4) is 0 Å². The van der Waals surface area contributed by atoms with E-state index in [1.165, 1.54) is 14.7 Å². The molecule has 0 aliphatic carbocycles. The number of rotatable bonds is 15. The normalized spacial score (nSPS) is 18.4. The number of nitrogens with zero attached hydrogens (tertiary/aromatic N) is 4. The molecule has 0 radical (unpaired) electrons. The molecule has 1 aromatic carbocycles. The van der Waals surface area contributed by atoms with Crippen LogP contribution in [0.2, 0.25) is 5.02 Å².